The van der Waals surface area contributed by atoms with Gasteiger partial charge in [-0.05, 0) is 18.2 Å². The molecule has 0 spiro atoms. The van der Waals surface area contributed by atoms with Crippen molar-refractivity contribution in [1.82, 2.24) is 9.88 Å². The Hall–Kier alpha value is -2.25. The number of pyridine rings is 1. The van der Waals surface area contributed by atoms with Crippen molar-refractivity contribution in [3.8, 4) is 5.75 Å². The molecule has 0 amide bonds. The van der Waals surface area contributed by atoms with Crippen LogP contribution in [0.5, 0.6) is 5.75 Å². The summed E-state index contributed by atoms with van der Waals surface area (Å²) in [5.74, 6) is 0.918. The number of aromatic nitrogens is 1. The van der Waals surface area contributed by atoms with Crippen molar-refractivity contribution in [3.63, 3.8) is 0 Å². The number of nitrogens with zero attached hydrogens (tertiary/aromatic N) is 4. The molecule has 1 aromatic carbocycles. The Labute approximate surface area is 175 Å². The fraction of sp³-hybridized carbons (Fsp3) is 0.455. The number of hydrogen-bond donors (Lipinski definition) is 0. The van der Waals surface area contributed by atoms with Crippen molar-refractivity contribution >= 4 is 22.6 Å². The maximum absolute atomic E-state index is 5.89. The second kappa shape index (κ2) is 7.88. The fourth-order valence-electron chi connectivity index (χ4n) is 4.42. The standard InChI is InChI=1S/C22H26N4O2S/c1-15-14-26-21(20(24-22(26)29-15)18-5-3-4-8-23-18)17-7-6-16(13-19(17)27-2)25-9-11-28-12-10-25/h3-8,13,15,20-21H,9-12,14H2,1-2H3/t15-,20+,21+/m0/s1. The monoisotopic (exact) mass is 410 g/mol. The Morgan fingerprint density at radius 2 is 2.03 bits per heavy atom. The third-order valence-electron chi connectivity index (χ3n) is 5.79. The first kappa shape index (κ1) is 18.8. The van der Waals surface area contributed by atoms with Gasteiger partial charge in [-0.3, -0.25) is 9.98 Å². The minimum atomic E-state index is -0.0191. The van der Waals surface area contributed by atoms with Gasteiger partial charge in [0.1, 0.15) is 11.8 Å². The Balaban J connectivity index is 1.53. The molecule has 0 N–H and O–H groups in total. The maximum Gasteiger partial charge on any atom is 0.160 e. The molecule has 152 valence electrons. The van der Waals surface area contributed by atoms with Crippen LogP contribution < -0.4 is 9.64 Å². The van der Waals surface area contributed by atoms with Gasteiger partial charge in [0.2, 0.25) is 0 Å². The molecule has 0 aliphatic carbocycles. The average molecular weight is 411 g/mol. The third kappa shape index (κ3) is 3.46. The van der Waals surface area contributed by atoms with E-state index in [1.165, 1.54) is 11.3 Å². The molecular formula is C22H26N4O2S. The largest absolute Gasteiger partial charge is 0.496 e. The van der Waals surface area contributed by atoms with Gasteiger partial charge in [-0.1, -0.05) is 30.8 Å². The van der Waals surface area contributed by atoms with Gasteiger partial charge in [0.15, 0.2) is 5.17 Å². The maximum atomic E-state index is 5.89. The molecule has 3 atom stereocenters. The van der Waals surface area contributed by atoms with Crippen molar-refractivity contribution in [2.45, 2.75) is 24.3 Å². The van der Waals surface area contributed by atoms with E-state index in [4.69, 9.17) is 14.5 Å². The number of morpholine rings is 1. The number of thioether (sulfide) groups is 1. The molecule has 0 unspecified atom stereocenters. The Morgan fingerprint density at radius 1 is 1.17 bits per heavy atom. The van der Waals surface area contributed by atoms with Gasteiger partial charge in [-0.2, -0.15) is 0 Å². The summed E-state index contributed by atoms with van der Waals surface area (Å²) in [6.45, 7) is 6.62. The van der Waals surface area contributed by atoms with Crippen LogP contribution in [0.1, 0.15) is 30.3 Å². The van der Waals surface area contributed by atoms with Gasteiger partial charge in [-0.15, -0.1) is 0 Å². The van der Waals surface area contributed by atoms with E-state index in [0.717, 1.165) is 49.5 Å². The molecule has 3 aliphatic heterocycles. The summed E-state index contributed by atoms with van der Waals surface area (Å²) in [6, 6.07) is 12.8. The fourth-order valence-corrected chi connectivity index (χ4v) is 5.51. The van der Waals surface area contributed by atoms with E-state index >= 15 is 0 Å². The average Bonchev–Trinajstić information content (AvgIpc) is 3.30. The molecule has 5 rings (SSSR count). The number of methoxy groups -OCH3 is 1. The van der Waals surface area contributed by atoms with E-state index in [1.54, 1.807) is 7.11 Å². The first-order valence-electron chi connectivity index (χ1n) is 10.2. The highest BCUT2D eigenvalue weighted by atomic mass is 32.2. The first-order valence-corrected chi connectivity index (χ1v) is 11.0. The number of amidine groups is 1. The van der Waals surface area contributed by atoms with Gasteiger partial charge in [0.05, 0.1) is 32.1 Å². The number of benzene rings is 1. The van der Waals surface area contributed by atoms with Crippen LogP contribution in [-0.2, 0) is 4.74 Å². The molecule has 4 heterocycles. The van der Waals surface area contributed by atoms with E-state index in [0.29, 0.717) is 5.25 Å². The topological polar surface area (TPSA) is 50.2 Å². The van der Waals surface area contributed by atoms with Crippen LogP contribution in [0.25, 0.3) is 0 Å². The van der Waals surface area contributed by atoms with Crippen LogP contribution in [0.3, 0.4) is 0 Å². The number of hydrogen-bond acceptors (Lipinski definition) is 7. The van der Waals surface area contributed by atoms with Crippen molar-refractivity contribution < 1.29 is 9.47 Å². The lowest BCUT2D eigenvalue weighted by molar-refractivity contribution is 0.122. The number of aliphatic imine (C=N–C) groups is 1. The highest BCUT2D eigenvalue weighted by molar-refractivity contribution is 8.14. The van der Waals surface area contributed by atoms with Gasteiger partial charge in [0.25, 0.3) is 0 Å². The zero-order valence-electron chi connectivity index (χ0n) is 16.8. The van der Waals surface area contributed by atoms with E-state index < -0.39 is 0 Å². The smallest absolute Gasteiger partial charge is 0.160 e. The highest BCUT2D eigenvalue weighted by Crippen LogP contribution is 2.49. The SMILES string of the molecule is COc1cc(N2CCOCC2)ccc1[C@@H]1[C@@H](c2ccccn2)N=C2S[C@@H](C)CN21. The van der Waals surface area contributed by atoms with Crippen molar-refractivity contribution in [1.29, 1.82) is 0 Å². The van der Waals surface area contributed by atoms with Crippen molar-refractivity contribution in [2.75, 3.05) is 44.9 Å². The predicted octanol–water partition coefficient (Wildman–Crippen LogP) is 3.52. The van der Waals surface area contributed by atoms with Crippen LogP contribution in [0.15, 0.2) is 47.6 Å². The van der Waals surface area contributed by atoms with Crippen molar-refractivity contribution in [3.05, 3.63) is 53.9 Å². The summed E-state index contributed by atoms with van der Waals surface area (Å²) in [5, 5.41) is 1.66. The van der Waals surface area contributed by atoms with Crippen LogP contribution >= 0.6 is 11.8 Å². The van der Waals surface area contributed by atoms with Gasteiger partial charge >= 0.3 is 0 Å². The summed E-state index contributed by atoms with van der Waals surface area (Å²) < 4.78 is 11.4. The summed E-state index contributed by atoms with van der Waals surface area (Å²) in [6.07, 6.45) is 1.85. The minimum Gasteiger partial charge on any atom is -0.496 e. The molecule has 2 fully saturated rings. The zero-order valence-corrected chi connectivity index (χ0v) is 17.6. The molecule has 7 heteroatoms. The number of ether oxygens (including phenoxy) is 2. The number of rotatable bonds is 4. The number of anilines is 1. The molecule has 0 radical (unpaired) electrons. The van der Waals surface area contributed by atoms with Gasteiger partial charge in [-0.25, -0.2) is 0 Å². The normalized spacial score (nSPS) is 26.4. The minimum absolute atomic E-state index is 0.0191. The summed E-state index contributed by atoms with van der Waals surface area (Å²) in [7, 11) is 1.76. The summed E-state index contributed by atoms with van der Waals surface area (Å²) >= 11 is 1.86. The highest BCUT2D eigenvalue weighted by Gasteiger charge is 2.44. The molecule has 0 saturated carbocycles. The molecule has 3 aliphatic rings. The van der Waals surface area contributed by atoms with Gasteiger partial charge in [0, 0.05) is 48.4 Å². The Kier molecular flexibility index (Phi) is 5.09. The predicted molar refractivity (Wildman–Crippen MR) is 117 cm³/mol. The second-order valence-electron chi connectivity index (χ2n) is 7.66. The number of fused-ring (bicyclic) bond motifs is 1. The molecule has 29 heavy (non-hydrogen) atoms. The third-order valence-corrected chi connectivity index (χ3v) is 6.90. The van der Waals surface area contributed by atoms with Crippen molar-refractivity contribution in [2.24, 2.45) is 4.99 Å². The molecule has 2 saturated heterocycles. The lowest BCUT2D eigenvalue weighted by atomic mass is 9.95. The molecule has 0 bridgehead atoms. The van der Waals surface area contributed by atoms with Crippen LogP contribution in [-0.4, -0.2) is 60.3 Å². The van der Waals surface area contributed by atoms with Gasteiger partial charge < -0.3 is 19.3 Å². The van der Waals surface area contributed by atoms with E-state index in [1.807, 2.05) is 30.1 Å². The second-order valence-corrected chi connectivity index (χ2v) is 9.07. The van der Waals surface area contributed by atoms with Crippen LogP contribution in [0.2, 0.25) is 0 Å². The van der Waals surface area contributed by atoms with E-state index in [9.17, 15) is 0 Å². The molecular weight excluding hydrogens is 384 g/mol. The molecule has 2 aromatic rings. The first-order chi connectivity index (χ1) is 14.2. The lowest BCUT2D eigenvalue weighted by Crippen LogP contribution is -2.36. The Bertz CT molecular complexity index is 901. The molecule has 6 nitrogen and oxygen atoms in total. The van der Waals surface area contributed by atoms with Crippen LogP contribution in [0.4, 0.5) is 5.69 Å². The summed E-state index contributed by atoms with van der Waals surface area (Å²) in [4.78, 5) is 14.5. The summed E-state index contributed by atoms with van der Waals surface area (Å²) in [5.41, 5.74) is 3.37. The van der Waals surface area contributed by atoms with E-state index in [-0.39, 0.29) is 12.1 Å². The van der Waals surface area contributed by atoms with Crippen LogP contribution in [0, 0.1) is 0 Å². The lowest BCUT2D eigenvalue weighted by Gasteiger charge is -2.31. The van der Waals surface area contributed by atoms with E-state index in [2.05, 4.69) is 46.0 Å². The quantitative estimate of drug-likeness (QED) is 0.769. The zero-order chi connectivity index (χ0) is 19.8. The molecule has 1 aromatic heterocycles. The Morgan fingerprint density at radius 3 is 2.79 bits per heavy atom.